The fourth-order valence-corrected chi connectivity index (χ4v) is 5.42. The van der Waals surface area contributed by atoms with Gasteiger partial charge in [-0.15, -0.1) is 21.5 Å². The van der Waals surface area contributed by atoms with Gasteiger partial charge in [0, 0.05) is 30.9 Å². The van der Waals surface area contributed by atoms with Crippen molar-refractivity contribution < 1.29 is 9.53 Å². The summed E-state index contributed by atoms with van der Waals surface area (Å²) in [5, 5.41) is 11.8. The van der Waals surface area contributed by atoms with Crippen LogP contribution in [0.25, 0.3) is 0 Å². The van der Waals surface area contributed by atoms with E-state index in [0.29, 0.717) is 18.8 Å². The molecule has 3 heterocycles. The van der Waals surface area contributed by atoms with Crippen molar-refractivity contribution in [1.29, 1.82) is 0 Å². The molecule has 1 aromatic carbocycles. The van der Waals surface area contributed by atoms with E-state index in [9.17, 15) is 4.79 Å². The van der Waals surface area contributed by atoms with Gasteiger partial charge in [0.2, 0.25) is 5.91 Å². The number of rotatable bonds is 8. The Labute approximate surface area is 191 Å². The molecule has 4 rings (SSSR count). The highest BCUT2D eigenvalue weighted by atomic mass is 32.2. The summed E-state index contributed by atoms with van der Waals surface area (Å²) in [6, 6.07) is 14.6. The number of morpholine rings is 1. The number of aromatic nitrogens is 3. The Morgan fingerprint density at radius 1 is 1.13 bits per heavy atom. The predicted octanol–water partition coefficient (Wildman–Crippen LogP) is 3.90. The minimum absolute atomic E-state index is 0.0737. The van der Waals surface area contributed by atoms with E-state index in [1.165, 1.54) is 22.2 Å². The number of thiophene rings is 1. The summed E-state index contributed by atoms with van der Waals surface area (Å²) in [5.41, 5.74) is 1.28. The van der Waals surface area contributed by atoms with Gasteiger partial charge in [-0.3, -0.25) is 4.79 Å². The molecule has 1 amide bonds. The third kappa shape index (κ3) is 5.96. The van der Waals surface area contributed by atoms with E-state index in [-0.39, 0.29) is 18.1 Å². The molecule has 0 radical (unpaired) electrons. The molecule has 2 atom stereocenters. The maximum absolute atomic E-state index is 12.8. The SMILES string of the molecule is C[C@@H]1CN(C(=O)CSc2nnc(Cc3cccs3)n2CCc2ccccc2)C[C@H](C)O1. The number of carbonyl (C=O) groups is 1. The molecular formula is C23H28N4O2S2. The maximum atomic E-state index is 12.8. The first-order valence-corrected chi connectivity index (χ1v) is 12.5. The Bertz CT molecular complexity index is 965. The summed E-state index contributed by atoms with van der Waals surface area (Å²) in [6.45, 7) is 6.11. The van der Waals surface area contributed by atoms with Crippen molar-refractivity contribution in [2.75, 3.05) is 18.8 Å². The van der Waals surface area contributed by atoms with Gasteiger partial charge in [-0.1, -0.05) is 48.2 Å². The number of aryl methyl sites for hydroxylation is 1. The van der Waals surface area contributed by atoms with E-state index < -0.39 is 0 Å². The van der Waals surface area contributed by atoms with E-state index in [0.717, 1.165) is 30.4 Å². The number of benzene rings is 1. The highest BCUT2D eigenvalue weighted by Gasteiger charge is 2.26. The molecule has 3 aromatic rings. The molecule has 0 unspecified atom stereocenters. The Morgan fingerprint density at radius 2 is 1.90 bits per heavy atom. The van der Waals surface area contributed by atoms with Gasteiger partial charge in [0.1, 0.15) is 5.82 Å². The summed E-state index contributed by atoms with van der Waals surface area (Å²) in [4.78, 5) is 16.0. The summed E-state index contributed by atoms with van der Waals surface area (Å²) in [7, 11) is 0. The maximum Gasteiger partial charge on any atom is 0.233 e. The summed E-state index contributed by atoms with van der Waals surface area (Å²) < 4.78 is 7.93. The van der Waals surface area contributed by atoms with Gasteiger partial charge in [-0.05, 0) is 37.3 Å². The highest BCUT2D eigenvalue weighted by Crippen LogP contribution is 2.22. The molecular weight excluding hydrogens is 428 g/mol. The van der Waals surface area contributed by atoms with Gasteiger partial charge in [0.15, 0.2) is 5.16 Å². The van der Waals surface area contributed by atoms with Crippen LogP contribution in [0, 0.1) is 0 Å². The number of ether oxygens (including phenoxy) is 1. The van der Waals surface area contributed by atoms with E-state index in [1.54, 1.807) is 11.3 Å². The largest absolute Gasteiger partial charge is 0.372 e. The van der Waals surface area contributed by atoms with Gasteiger partial charge in [-0.25, -0.2) is 0 Å². The van der Waals surface area contributed by atoms with Crippen LogP contribution in [-0.4, -0.2) is 56.6 Å². The van der Waals surface area contributed by atoms with Crippen LogP contribution in [0.4, 0.5) is 0 Å². The van der Waals surface area contributed by atoms with Gasteiger partial charge in [-0.2, -0.15) is 0 Å². The second kappa shape index (κ2) is 10.4. The lowest BCUT2D eigenvalue weighted by Gasteiger charge is -2.35. The smallest absolute Gasteiger partial charge is 0.233 e. The molecule has 0 saturated carbocycles. The first-order chi connectivity index (χ1) is 15.1. The summed E-state index contributed by atoms with van der Waals surface area (Å²) >= 11 is 3.21. The molecule has 0 N–H and O–H groups in total. The molecule has 0 aliphatic carbocycles. The van der Waals surface area contributed by atoms with E-state index in [2.05, 4.69) is 56.5 Å². The fraction of sp³-hybridized carbons (Fsp3) is 0.435. The van der Waals surface area contributed by atoms with Crippen LogP contribution in [0.2, 0.25) is 0 Å². The first-order valence-electron chi connectivity index (χ1n) is 10.6. The van der Waals surface area contributed by atoms with Crippen LogP contribution in [0.5, 0.6) is 0 Å². The van der Waals surface area contributed by atoms with E-state index >= 15 is 0 Å². The number of hydrogen-bond donors (Lipinski definition) is 0. The Kier molecular flexibility index (Phi) is 7.42. The Morgan fingerprint density at radius 3 is 2.61 bits per heavy atom. The lowest BCUT2D eigenvalue weighted by atomic mass is 10.1. The number of thioether (sulfide) groups is 1. The van der Waals surface area contributed by atoms with Crippen LogP contribution in [0.1, 0.15) is 30.1 Å². The quantitative estimate of drug-likeness (QED) is 0.481. The molecule has 2 aromatic heterocycles. The lowest BCUT2D eigenvalue weighted by Crippen LogP contribution is -2.48. The van der Waals surface area contributed by atoms with Crippen LogP contribution >= 0.6 is 23.1 Å². The molecule has 1 aliphatic heterocycles. The third-order valence-corrected chi connectivity index (χ3v) is 7.10. The van der Waals surface area contributed by atoms with Gasteiger partial charge < -0.3 is 14.2 Å². The van der Waals surface area contributed by atoms with Crippen molar-refractivity contribution >= 4 is 29.0 Å². The topological polar surface area (TPSA) is 60.2 Å². The highest BCUT2D eigenvalue weighted by molar-refractivity contribution is 7.99. The molecule has 0 bridgehead atoms. The van der Waals surface area contributed by atoms with Gasteiger partial charge >= 0.3 is 0 Å². The molecule has 1 aliphatic rings. The van der Waals surface area contributed by atoms with Gasteiger partial charge in [0.05, 0.1) is 18.0 Å². The van der Waals surface area contributed by atoms with Crippen LogP contribution in [0.3, 0.4) is 0 Å². The van der Waals surface area contributed by atoms with Crippen LogP contribution in [-0.2, 0) is 28.9 Å². The lowest BCUT2D eigenvalue weighted by molar-refractivity contribution is -0.140. The summed E-state index contributed by atoms with van der Waals surface area (Å²) in [6.07, 6.45) is 1.80. The van der Waals surface area contributed by atoms with E-state index in [4.69, 9.17) is 4.74 Å². The van der Waals surface area contributed by atoms with E-state index in [1.807, 2.05) is 24.8 Å². The molecule has 0 spiro atoms. The van der Waals surface area contributed by atoms with Crippen molar-refractivity contribution in [1.82, 2.24) is 19.7 Å². The predicted molar refractivity (Wildman–Crippen MR) is 125 cm³/mol. The second-order valence-electron chi connectivity index (χ2n) is 7.89. The monoisotopic (exact) mass is 456 g/mol. The standard InChI is InChI=1S/C23H28N4O2S2/c1-17-14-26(15-18(2)29-17)22(28)16-31-23-25-24-21(13-20-9-6-12-30-20)27(23)11-10-19-7-4-3-5-8-19/h3-9,12,17-18H,10-11,13-16H2,1-2H3/t17-,18+. The molecule has 1 fully saturated rings. The Hall–Kier alpha value is -2.16. The minimum atomic E-state index is 0.0737. The number of carbonyl (C=O) groups excluding carboxylic acids is 1. The molecule has 6 nitrogen and oxygen atoms in total. The number of nitrogens with zero attached hydrogens (tertiary/aromatic N) is 4. The third-order valence-electron chi connectivity index (χ3n) is 5.27. The zero-order chi connectivity index (χ0) is 21.6. The summed E-state index contributed by atoms with van der Waals surface area (Å²) in [5.74, 6) is 1.44. The van der Waals surface area contributed by atoms with Crippen LogP contribution < -0.4 is 0 Å². The second-order valence-corrected chi connectivity index (χ2v) is 9.86. The number of hydrogen-bond acceptors (Lipinski definition) is 6. The molecule has 164 valence electrons. The van der Waals surface area contributed by atoms with Crippen molar-refractivity contribution in [2.24, 2.45) is 0 Å². The van der Waals surface area contributed by atoms with Crippen molar-refractivity contribution in [3.05, 3.63) is 64.1 Å². The van der Waals surface area contributed by atoms with Crippen molar-refractivity contribution in [2.45, 2.75) is 50.6 Å². The molecule has 8 heteroatoms. The average Bonchev–Trinajstić information content (AvgIpc) is 3.41. The van der Waals surface area contributed by atoms with Crippen molar-refractivity contribution in [3.63, 3.8) is 0 Å². The molecule has 31 heavy (non-hydrogen) atoms. The number of amides is 1. The Balaban J connectivity index is 1.45. The minimum Gasteiger partial charge on any atom is -0.372 e. The van der Waals surface area contributed by atoms with Crippen LogP contribution in [0.15, 0.2) is 53.0 Å². The average molecular weight is 457 g/mol. The zero-order valence-electron chi connectivity index (χ0n) is 17.9. The van der Waals surface area contributed by atoms with Gasteiger partial charge in [0.25, 0.3) is 0 Å². The molecule has 1 saturated heterocycles. The zero-order valence-corrected chi connectivity index (χ0v) is 19.6. The normalized spacial score (nSPS) is 19.0. The first kappa shape index (κ1) is 22.0. The fourth-order valence-electron chi connectivity index (χ4n) is 3.83. The van der Waals surface area contributed by atoms with Crippen molar-refractivity contribution in [3.8, 4) is 0 Å².